The van der Waals surface area contributed by atoms with Gasteiger partial charge < -0.3 is 15.2 Å². The molecule has 8 heteroatoms. The lowest BCUT2D eigenvalue weighted by Crippen LogP contribution is -2.30. The largest absolute Gasteiger partial charge is 0.398 e. The lowest BCUT2D eigenvalue weighted by molar-refractivity contribution is -0.00461. The van der Waals surface area contributed by atoms with Crippen LogP contribution in [-0.4, -0.2) is 52.2 Å². The Morgan fingerprint density at radius 3 is 2.25 bits per heavy atom. The number of hydrogen-bond acceptors (Lipinski definition) is 5. The maximum Gasteiger partial charge on any atom is 0.243 e. The van der Waals surface area contributed by atoms with Crippen molar-refractivity contribution < 1.29 is 17.9 Å². The lowest BCUT2D eigenvalue weighted by Gasteiger charge is -2.16. The summed E-state index contributed by atoms with van der Waals surface area (Å²) in [6.45, 7) is 0.499. The predicted octanol–water partition coefficient (Wildman–Crippen LogP) is 0.957. The Morgan fingerprint density at radius 2 is 1.80 bits per heavy atom. The maximum absolute atomic E-state index is 12.5. The van der Waals surface area contributed by atoms with Crippen LogP contribution in [-0.2, 0) is 19.5 Å². The normalized spacial score (nSPS) is 24.1. The van der Waals surface area contributed by atoms with E-state index in [9.17, 15) is 8.42 Å². The molecule has 6 nitrogen and oxygen atoms in total. The van der Waals surface area contributed by atoms with Crippen molar-refractivity contribution in [3.05, 3.63) is 23.2 Å². The fourth-order valence-electron chi connectivity index (χ4n) is 2.18. The summed E-state index contributed by atoms with van der Waals surface area (Å²) in [5, 5.41) is 0.219. The fraction of sp³-hybridized carbons (Fsp3) is 0.500. The van der Waals surface area contributed by atoms with Crippen molar-refractivity contribution in [3.63, 3.8) is 0 Å². The van der Waals surface area contributed by atoms with E-state index in [4.69, 9.17) is 26.8 Å². The molecule has 2 unspecified atom stereocenters. The van der Waals surface area contributed by atoms with E-state index in [-0.39, 0.29) is 35.2 Å². The average molecular weight is 321 g/mol. The lowest BCUT2D eigenvalue weighted by atomic mass is 10.3. The molecule has 1 aromatic rings. The molecule has 112 valence electrons. The maximum atomic E-state index is 12.5. The molecule has 2 rings (SSSR count). The van der Waals surface area contributed by atoms with Gasteiger partial charge in [-0.1, -0.05) is 11.6 Å². The quantitative estimate of drug-likeness (QED) is 0.836. The molecule has 1 aliphatic heterocycles. The van der Waals surface area contributed by atoms with Crippen LogP contribution in [0.4, 0.5) is 5.69 Å². The van der Waals surface area contributed by atoms with Crippen LogP contribution in [0.2, 0.25) is 5.02 Å². The molecule has 1 aromatic carbocycles. The van der Waals surface area contributed by atoms with Crippen molar-refractivity contribution >= 4 is 27.3 Å². The molecule has 0 aromatic heterocycles. The minimum absolute atomic E-state index is 0.114. The third-order valence-corrected chi connectivity index (χ3v) is 5.55. The van der Waals surface area contributed by atoms with E-state index in [1.807, 2.05) is 0 Å². The zero-order valence-electron chi connectivity index (χ0n) is 11.2. The van der Waals surface area contributed by atoms with E-state index in [1.54, 1.807) is 0 Å². The number of rotatable bonds is 4. The van der Waals surface area contributed by atoms with Gasteiger partial charge in [0.1, 0.15) is 0 Å². The Hall–Kier alpha value is -0.860. The molecule has 0 aliphatic carbocycles. The fourth-order valence-corrected chi connectivity index (χ4v) is 3.91. The zero-order valence-corrected chi connectivity index (χ0v) is 12.8. The first-order valence-electron chi connectivity index (χ1n) is 6.01. The molecular formula is C12H17ClN2O4S. The van der Waals surface area contributed by atoms with Crippen LogP contribution >= 0.6 is 11.6 Å². The van der Waals surface area contributed by atoms with E-state index in [1.165, 1.54) is 36.7 Å². The summed E-state index contributed by atoms with van der Waals surface area (Å²) < 4.78 is 36.9. The Labute approximate surface area is 123 Å². The van der Waals surface area contributed by atoms with Gasteiger partial charge in [0, 0.05) is 27.3 Å². The smallest absolute Gasteiger partial charge is 0.243 e. The molecule has 1 fully saturated rings. The average Bonchev–Trinajstić information content (AvgIpc) is 2.85. The van der Waals surface area contributed by atoms with Crippen molar-refractivity contribution in [2.24, 2.45) is 0 Å². The van der Waals surface area contributed by atoms with Gasteiger partial charge in [-0.2, -0.15) is 4.31 Å². The van der Waals surface area contributed by atoms with E-state index in [0.717, 1.165) is 0 Å². The van der Waals surface area contributed by atoms with E-state index >= 15 is 0 Å². The van der Waals surface area contributed by atoms with E-state index in [2.05, 4.69) is 0 Å². The molecule has 0 radical (unpaired) electrons. The van der Waals surface area contributed by atoms with Gasteiger partial charge in [0.05, 0.1) is 27.8 Å². The topological polar surface area (TPSA) is 81.9 Å². The molecular weight excluding hydrogens is 304 g/mol. The van der Waals surface area contributed by atoms with Crippen molar-refractivity contribution in [2.45, 2.75) is 17.1 Å². The number of sulfonamides is 1. The molecule has 20 heavy (non-hydrogen) atoms. The molecule has 2 N–H and O–H groups in total. The molecule has 1 aliphatic rings. The first-order valence-corrected chi connectivity index (χ1v) is 7.82. The van der Waals surface area contributed by atoms with Crippen molar-refractivity contribution in [3.8, 4) is 0 Å². The number of nitrogen functional groups attached to an aromatic ring is 1. The number of ether oxygens (including phenoxy) is 2. The van der Waals surface area contributed by atoms with Crippen LogP contribution in [0.5, 0.6) is 0 Å². The summed E-state index contributed by atoms with van der Waals surface area (Å²) in [6, 6.07) is 4.28. The van der Waals surface area contributed by atoms with Crippen LogP contribution in [0.3, 0.4) is 0 Å². The second kappa shape index (κ2) is 5.87. The highest BCUT2D eigenvalue weighted by atomic mass is 35.5. The third kappa shape index (κ3) is 2.77. The second-order valence-corrected chi connectivity index (χ2v) is 6.90. The number of halogens is 1. The van der Waals surface area contributed by atoms with E-state index < -0.39 is 10.0 Å². The number of nitrogens with two attached hydrogens (primary N) is 1. The monoisotopic (exact) mass is 320 g/mol. The number of hydrogen-bond donors (Lipinski definition) is 1. The summed E-state index contributed by atoms with van der Waals surface area (Å²) >= 11 is 5.88. The van der Waals surface area contributed by atoms with Gasteiger partial charge in [0.2, 0.25) is 10.0 Å². The van der Waals surface area contributed by atoms with Gasteiger partial charge >= 0.3 is 0 Å². The highest BCUT2D eigenvalue weighted by molar-refractivity contribution is 7.89. The SMILES string of the molecule is COC1CN(S(=O)(=O)c2ccc(N)c(Cl)c2)CC1OC. The molecule has 0 bridgehead atoms. The zero-order chi connectivity index (χ0) is 14.9. The molecule has 0 saturated carbocycles. The Kier molecular flexibility index (Phi) is 4.55. The number of methoxy groups -OCH3 is 2. The standard InChI is InChI=1S/C12H17ClN2O4S/c1-18-11-6-15(7-12(11)19-2)20(16,17)8-3-4-10(14)9(13)5-8/h3-5,11-12H,6-7,14H2,1-2H3. The Bertz CT molecular complexity index is 581. The summed E-state index contributed by atoms with van der Waals surface area (Å²) in [4.78, 5) is 0.114. The summed E-state index contributed by atoms with van der Waals surface area (Å²) in [5.74, 6) is 0. The van der Waals surface area contributed by atoms with Crippen LogP contribution < -0.4 is 5.73 Å². The van der Waals surface area contributed by atoms with Crippen molar-refractivity contribution in [1.29, 1.82) is 0 Å². The second-order valence-electron chi connectivity index (χ2n) is 4.55. The number of anilines is 1. The summed E-state index contributed by atoms with van der Waals surface area (Å²) in [6.07, 6.45) is -0.557. The molecule has 0 spiro atoms. The molecule has 0 amide bonds. The predicted molar refractivity (Wildman–Crippen MR) is 76.2 cm³/mol. The van der Waals surface area contributed by atoms with Gasteiger partial charge in [-0.15, -0.1) is 0 Å². The molecule has 1 heterocycles. The van der Waals surface area contributed by atoms with Gasteiger partial charge in [0.15, 0.2) is 0 Å². The van der Waals surface area contributed by atoms with Crippen LogP contribution in [0, 0.1) is 0 Å². The highest BCUT2D eigenvalue weighted by Crippen LogP contribution is 2.27. The number of benzene rings is 1. The first kappa shape index (κ1) is 15.5. The van der Waals surface area contributed by atoms with Crippen LogP contribution in [0.15, 0.2) is 23.1 Å². The minimum Gasteiger partial charge on any atom is -0.398 e. The molecule has 1 saturated heterocycles. The minimum atomic E-state index is -3.63. The number of nitrogens with zero attached hydrogens (tertiary/aromatic N) is 1. The van der Waals surface area contributed by atoms with Crippen molar-refractivity contribution in [1.82, 2.24) is 4.31 Å². The Morgan fingerprint density at radius 1 is 1.25 bits per heavy atom. The van der Waals surface area contributed by atoms with Crippen LogP contribution in [0.1, 0.15) is 0 Å². The van der Waals surface area contributed by atoms with Crippen molar-refractivity contribution in [2.75, 3.05) is 33.0 Å². The van der Waals surface area contributed by atoms with Gasteiger partial charge in [-0.25, -0.2) is 8.42 Å². The molecule has 2 atom stereocenters. The summed E-state index contributed by atoms with van der Waals surface area (Å²) in [7, 11) is -0.561. The van der Waals surface area contributed by atoms with Crippen LogP contribution in [0.25, 0.3) is 0 Å². The van der Waals surface area contributed by atoms with Gasteiger partial charge in [-0.3, -0.25) is 0 Å². The van der Waals surface area contributed by atoms with Gasteiger partial charge in [-0.05, 0) is 18.2 Å². The summed E-state index contributed by atoms with van der Waals surface area (Å²) in [5.41, 5.74) is 5.94. The third-order valence-electron chi connectivity index (χ3n) is 3.40. The van der Waals surface area contributed by atoms with Gasteiger partial charge in [0.25, 0.3) is 0 Å². The Balaban J connectivity index is 2.29. The highest BCUT2D eigenvalue weighted by Gasteiger charge is 2.39. The van der Waals surface area contributed by atoms with E-state index in [0.29, 0.717) is 5.69 Å². The first-order chi connectivity index (χ1) is 9.40.